The Morgan fingerprint density at radius 3 is 2.60 bits per heavy atom. The van der Waals surface area contributed by atoms with E-state index < -0.39 is 0 Å². The summed E-state index contributed by atoms with van der Waals surface area (Å²) in [5, 5.41) is 9.52. The van der Waals surface area contributed by atoms with E-state index in [1.54, 1.807) is 6.20 Å². The Balaban J connectivity index is 2.14. The Bertz CT molecular complexity index is 863. The van der Waals surface area contributed by atoms with E-state index in [0.29, 0.717) is 11.6 Å². The average molecular weight is 334 g/mol. The highest BCUT2D eigenvalue weighted by atomic mass is 15.4. The summed E-state index contributed by atoms with van der Waals surface area (Å²) in [7, 11) is 0. The molecule has 128 valence electrons. The number of nitriles is 1. The van der Waals surface area contributed by atoms with Crippen LogP contribution in [0.2, 0.25) is 0 Å². The van der Waals surface area contributed by atoms with Crippen LogP contribution in [0.3, 0.4) is 0 Å². The Morgan fingerprint density at radius 2 is 2.00 bits per heavy atom. The standard InChI is InChI=1S/C20H24N5/c1-14(2)23-9-10-25(17(23)5)20-12-18(13-21)11-19(15(20)3)24-8-6-7-22-16(24)4/h6-12,14,17H,1-5H3/q+1/t17-/m1/s1. The van der Waals surface area contributed by atoms with Gasteiger partial charge in [0.1, 0.15) is 24.2 Å². The fraction of sp³-hybridized carbons (Fsp3) is 0.350. The van der Waals surface area contributed by atoms with Gasteiger partial charge in [-0.1, -0.05) is 4.98 Å². The summed E-state index contributed by atoms with van der Waals surface area (Å²) >= 11 is 0. The molecule has 5 heteroatoms. The molecule has 0 N–H and O–H groups in total. The Hall–Kier alpha value is -2.87. The molecular weight excluding hydrogens is 310 g/mol. The van der Waals surface area contributed by atoms with E-state index in [1.807, 2.05) is 35.9 Å². The second-order valence-corrected chi connectivity index (χ2v) is 6.67. The summed E-state index contributed by atoms with van der Waals surface area (Å²) in [5.74, 6) is 0.889. The van der Waals surface area contributed by atoms with Crippen molar-refractivity contribution in [3.8, 4) is 11.8 Å². The molecule has 0 aliphatic carbocycles. The van der Waals surface area contributed by atoms with E-state index in [-0.39, 0.29) is 6.17 Å². The van der Waals surface area contributed by atoms with Crippen molar-refractivity contribution in [3.63, 3.8) is 0 Å². The fourth-order valence-electron chi connectivity index (χ4n) is 3.39. The number of hydrogen-bond donors (Lipinski definition) is 0. The topological polar surface area (TPSA) is 47.0 Å². The molecule has 0 bridgehead atoms. The third-order valence-corrected chi connectivity index (χ3v) is 4.78. The first-order valence-corrected chi connectivity index (χ1v) is 8.56. The highest BCUT2D eigenvalue weighted by Crippen LogP contribution is 2.31. The molecule has 0 saturated carbocycles. The summed E-state index contributed by atoms with van der Waals surface area (Å²) in [6, 6.07) is 8.52. The first kappa shape index (κ1) is 17.0. The molecule has 1 atom stereocenters. The summed E-state index contributed by atoms with van der Waals surface area (Å²) in [6.45, 7) is 10.6. The number of rotatable bonds is 3. The van der Waals surface area contributed by atoms with E-state index >= 15 is 0 Å². The minimum absolute atomic E-state index is 0.209. The summed E-state index contributed by atoms with van der Waals surface area (Å²) in [5.41, 5.74) is 3.82. The minimum Gasteiger partial charge on any atom is -0.353 e. The van der Waals surface area contributed by atoms with Crippen LogP contribution in [0.4, 0.5) is 5.69 Å². The average Bonchev–Trinajstić information content (AvgIpc) is 2.97. The maximum absolute atomic E-state index is 9.52. The third-order valence-electron chi connectivity index (χ3n) is 4.78. The smallest absolute Gasteiger partial charge is 0.300 e. The predicted octanol–water partition coefficient (Wildman–Crippen LogP) is 3.19. The van der Waals surface area contributed by atoms with Crippen molar-refractivity contribution >= 4 is 5.69 Å². The van der Waals surface area contributed by atoms with Crippen LogP contribution in [-0.2, 0) is 0 Å². The normalized spacial score (nSPS) is 16.6. The van der Waals surface area contributed by atoms with Crippen LogP contribution in [0.1, 0.15) is 37.7 Å². The third kappa shape index (κ3) is 2.96. The number of aryl methyl sites for hydroxylation is 1. The van der Waals surface area contributed by atoms with Gasteiger partial charge in [-0.25, -0.2) is 4.57 Å². The largest absolute Gasteiger partial charge is 0.353 e. The molecule has 0 saturated heterocycles. The molecule has 1 aliphatic heterocycles. The van der Waals surface area contributed by atoms with Crippen molar-refractivity contribution in [3.05, 3.63) is 59.9 Å². The van der Waals surface area contributed by atoms with Crippen molar-refractivity contribution in [2.75, 3.05) is 4.90 Å². The molecule has 1 aliphatic rings. The first-order chi connectivity index (χ1) is 11.9. The summed E-state index contributed by atoms with van der Waals surface area (Å²) in [6.07, 6.45) is 8.19. The maximum Gasteiger partial charge on any atom is 0.300 e. The van der Waals surface area contributed by atoms with Gasteiger partial charge in [0.25, 0.3) is 5.82 Å². The van der Waals surface area contributed by atoms with Gasteiger partial charge in [-0.2, -0.15) is 5.26 Å². The van der Waals surface area contributed by atoms with Gasteiger partial charge in [-0.05, 0) is 33.8 Å². The van der Waals surface area contributed by atoms with Crippen molar-refractivity contribution in [1.82, 2.24) is 9.88 Å². The van der Waals surface area contributed by atoms with E-state index in [9.17, 15) is 5.26 Å². The first-order valence-electron chi connectivity index (χ1n) is 8.56. The lowest BCUT2D eigenvalue weighted by atomic mass is 10.1. The van der Waals surface area contributed by atoms with Gasteiger partial charge < -0.3 is 9.80 Å². The van der Waals surface area contributed by atoms with Crippen LogP contribution < -0.4 is 9.47 Å². The number of aromatic nitrogens is 2. The fourth-order valence-corrected chi connectivity index (χ4v) is 3.39. The van der Waals surface area contributed by atoms with Gasteiger partial charge >= 0.3 is 0 Å². The zero-order valence-corrected chi connectivity index (χ0v) is 15.4. The van der Waals surface area contributed by atoms with Gasteiger partial charge in [-0.3, -0.25) is 0 Å². The van der Waals surface area contributed by atoms with Crippen LogP contribution >= 0.6 is 0 Å². The Labute approximate surface area is 149 Å². The molecule has 0 spiro atoms. The van der Waals surface area contributed by atoms with Crippen molar-refractivity contribution in [2.24, 2.45) is 0 Å². The van der Waals surface area contributed by atoms with Crippen molar-refractivity contribution in [2.45, 2.75) is 46.8 Å². The van der Waals surface area contributed by atoms with Crippen LogP contribution in [-0.4, -0.2) is 22.1 Å². The summed E-state index contributed by atoms with van der Waals surface area (Å²) in [4.78, 5) is 8.91. The highest BCUT2D eigenvalue weighted by molar-refractivity contribution is 5.65. The monoisotopic (exact) mass is 334 g/mol. The number of hydrogen-bond acceptors (Lipinski definition) is 4. The zero-order valence-electron chi connectivity index (χ0n) is 15.4. The molecule has 0 unspecified atom stereocenters. The van der Waals surface area contributed by atoms with Crippen LogP contribution in [0, 0.1) is 25.2 Å². The van der Waals surface area contributed by atoms with Gasteiger partial charge in [0.05, 0.1) is 17.3 Å². The number of anilines is 1. The molecule has 25 heavy (non-hydrogen) atoms. The van der Waals surface area contributed by atoms with Crippen molar-refractivity contribution in [1.29, 1.82) is 5.26 Å². The lowest BCUT2D eigenvalue weighted by Crippen LogP contribution is -2.40. The molecule has 3 rings (SSSR count). The van der Waals surface area contributed by atoms with Gasteiger partial charge in [0.2, 0.25) is 0 Å². The van der Waals surface area contributed by atoms with E-state index in [1.165, 1.54) is 0 Å². The lowest BCUT2D eigenvalue weighted by Gasteiger charge is -2.33. The zero-order chi connectivity index (χ0) is 18.1. The molecule has 2 heterocycles. The minimum atomic E-state index is 0.209. The molecule has 1 aromatic carbocycles. The second-order valence-electron chi connectivity index (χ2n) is 6.67. The maximum atomic E-state index is 9.52. The predicted molar refractivity (Wildman–Crippen MR) is 98.0 cm³/mol. The van der Waals surface area contributed by atoms with Crippen molar-refractivity contribution < 1.29 is 4.57 Å². The van der Waals surface area contributed by atoms with E-state index in [2.05, 4.69) is 60.9 Å². The van der Waals surface area contributed by atoms with E-state index in [4.69, 9.17) is 0 Å². The van der Waals surface area contributed by atoms with E-state index in [0.717, 1.165) is 22.8 Å². The molecule has 0 fully saturated rings. The van der Waals surface area contributed by atoms with Crippen LogP contribution in [0.15, 0.2) is 43.0 Å². The van der Waals surface area contributed by atoms with Gasteiger partial charge in [-0.15, -0.1) is 0 Å². The molecule has 5 nitrogen and oxygen atoms in total. The second kappa shape index (κ2) is 6.56. The number of nitrogens with zero attached hydrogens (tertiary/aromatic N) is 5. The molecule has 2 aromatic rings. The van der Waals surface area contributed by atoms with Crippen LogP contribution in [0.25, 0.3) is 5.69 Å². The SMILES string of the molecule is Cc1c(N2C=CN(C(C)C)[C@H]2C)cc(C#N)cc1-[n+]1cccnc1C. The van der Waals surface area contributed by atoms with Gasteiger partial charge in [0, 0.05) is 43.1 Å². The molecule has 0 amide bonds. The molecular formula is C20H24N5+. The molecule has 1 aromatic heterocycles. The molecule has 0 radical (unpaired) electrons. The Morgan fingerprint density at radius 1 is 1.24 bits per heavy atom. The quantitative estimate of drug-likeness (QED) is 0.809. The number of benzene rings is 1. The van der Waals surface area contributed by atoms with Crippen LogP contribution in [0.5, 0.6) is 0 Å². The van der Waals surface area contributed by atoms with Gasteiger partial charge in [0.15, 0.2) is 0 Å². The lowest BCUT2D eigenvalue weighted by molar-refractivity contribution is -0.606. The summed E-state index contributed by atoms with van der Waals surface area (Å²) < 4.78 is 2.03. The Kier molecular flexibility index (Phi) is 4.45. The highest BCUT2D eigenvalue weighted by Gasteiger charge is 2.28.